The Labute approximate surface area is 351 Å². The number of tetrazole rings is 1. The van der Waals surface area contributed by atoms with E-state index < -0.39 is 17.1 Å². The summed E-state index contributed by atoms with van der Waals surface area (Å²) in [6.45, 7) is 5.34. The van der Waals surface area contributed by atoms with Crippen molar-refractivity contribution in [2.24, 2.45) is 0 Å². The number of hydrogen-bond donors (Lipinski definition) is 1. The number of nitrogens with zero attached hydrogens (tertiary/aromatic N) is 6. The van der Waals surface area contributed by atoms with Crippen LogP contribution < -0.4 is 56.5 Å². The number of carbonyl (C=O) groups excluding carboxylic acids is 1. The summed E-state index contributed by atoms with van der Waals surface area (Å²) in [5, 5.41) is 36.8. The molecule has 260 valence electrons. The van der Waals surface area contributed by atoms with Crippen LogP contribution in [0.25, 0.3) is 22.5 Å². The molecular formula is C43H39KN6O3. The Morgan fingerprint density at radius 3 is 1.74 bits per heavy atom. The van der Waals surface area contributed by atoms with Gasteiger partial charge in [0.25, 0.3) is 0 Å². The van der Waals surface area contributed by atoms with Crippen LogP contribution in [0.15, 0.2) is 140 Å². The maximum absolute atomic E-state index is 12.4. The average Bonchev–Trinajstić information content (AvgIpc) is 3.80. The number of aliphatic hydroxyl groups is 1. The van der Waals surface area contributed by atoms with Crippen molar-refractivity contribution in [3.05, 3.63) is 179 Å². The number of carboxylic acid groups (broad SMARTS) is 1. The number of carboxylic acids is 1. The number of hydrogen-bond acceptors (Lipinski definition) is 7. The van der Waals surface area contributed by atoms with Crippen molar-refractivity contribution in [1.82, 2.24) is 29.8 Å². The van der Waals surface area contributed by atoms with Crippen LogP contribution >= 0.6 is 0 Å². The molecule has 7 aromatic rings. The molecule has 0 bridgehead atoms. The van der Waals surface area contributed by atoms with E-state index in [2.05, 4.69) is 57.8 Å². The van der Waals surface area contributed by atoms with E-state index in [1.165, 1.54) is 13.8 Å². The summed E-state index contributed by atoms with van der Waals surface area (Å²) < 4.78 is 3.58. The monoisotopic (exact) mass is 726 g/mol. The van der Waals surface area contributed by atoms with Crippen LogP contribution in [0.1, 0.15) is 71.5 Å². The second kappa shape index (κ2) is 16.2. The molecule has 0 saturated heterocycles. The summed E-state index contributed by atoms with van der Waals surface area (Å²) in [6, 6.07) is 46.9. The topological polar surface area (TPSA) is 122 Å². The summed E-state index contributed by atoms with van der Waals surface area (Å²) >= 11 is 0. The largest absolute Gasteiger partial charge is 1.00 e. The predicted molar refractivity (Wildman–Crippen MR) is 198 cm³/mol. The molecule has 0 saturated carbocycles. The summed E-state index contributed by atoms with van der Waals surface area (Å²) in [5.41, 5.74) is 4.29. The molecule has 2 heterocycles. The number of rotatable bonds is 12. The van der Waals surface area contributed by atoms with Crippen LogP contribution in [0, 0.1) is 0 Å². The zero-order valence-corrected chi connectivity index (χ0v) is 33.5. The normalized spacial score (nSPS) is 11.6. The Kier molecular flexibility index (Phi) is 11.7. The fraction of sp³-hybridized carbons (Fsp3) is 0.186. The van der Waals surface area contributed by atoms with Gasteiger partial charge in [-0.1, -0.05) is 146 Å². The van der Waals surface area contributed by atoms with Gasteiger partial charge in [-0.05, 0) is 64.1 Å². The van der Waals surface area contributed by atoms with E-state index in [-0.39, 0.29) is 69.3 Å². The molecule has 0 spiro atoms. The third-order valence-corrected chi connectivity index (χ3v) is 9.43. The predicted octanol–water partition coefficient (Wildman–Crippen LogP) is 3.64. The Balaban J connectivity index is 0.00000481. The van der Waals surface area contributed by atoms with Crippen LogP contribution in [0.3, 0.4) is 0 Å². The second-order valence-electron chi connectivity index (χ2n) is 13.4. The van der Waals surface area contributed by atoms with Gasteiger partial charge in [0.05, 0.1) is 17.4 Å². The van der Waals surface area contributed by atoms with Gasteiger partial charge in [0.15, 0.2) is 5.82 Å². The van der Waals surface area contributed by atoms with Crippen LogP contribution in [-0.2, 0) is 24.1 Å². The molecule has 53 heavy (non-hydrogen) atoms. The number of benzene rings is 5. The molecule has 7 rings (SSSR count). The van der Waals surface area contributed by atoms with Gasteiger partial charge in [-0.15, -0.1) is 5.10 Å². The molecule has 0 aliphatic rings. The molecule has 9 nitrogen and oxygen atoms in total. The van der Waals surface area contributed by atoms with Crippen molar-refractivity contribution in [2.75, 3.05) is 0 Å². The number of imidazole rings is 1. The van der Waals surface area contributed by atoms with E-state index in [9.17, 15) is 15.0 Å². The third-order valence-electron chi connectivity index (χ3n) is 9.43. The van der Waals surface area contributed by atoms with Crippen molar-refractivity contribution < 1.29 is 66.4 Å². The molecule has 0 aliphatic carbocycles. The van der Waals surface area contributed by atoms with Crippen molar-refractivity contribution in [3.63, 3.8) is 0 Å². The maximum atomic E-state index is 12.4. The van der Waals surface area contributed by atoms with Gasteiger partial charge in [0.1, 0.15) is 17.0 Å². The summed E-state index contributed by atoms with van der Waals surface area (Å²) in [7, 11) is 0. The minimum atomic E-state index is -1.44. The fourth-order valence-corrected chi connectivity index (χ4v) is 7.11. The van der Waals surface area contributed by atoms with Crippen LogP contribution in [0.2, 0.25) is 0 Å². The minimum Gasteiger partial charge on any atom is -0.543 e. The molecule has 0 atom stereocenters. The van der Waals surface area contributed by atoms with Crippen LogP contribution in [-0.4, -0.2) is 40.8 Å². The molecule has 2 aromatic heterocycles. The van der Waals surface area contributed by atoms with Crippen molar-refractivity contribution in [3.8, 4) is 22.5 Å². The molecular weight excluding hydrogens is 688 g/mol. The van der Waals surface area contributed by atoms with Gasteiger partial charge in [-0.3, -0.25) is 0 Å². The van der Waals surface area contributed by atoms with Gasteiger partial charge in [0, 0.05) is 18.5 Å². The van der Waals surface area contributed by atoms with E-state index in [0.717, 1.165) is 45.4 Å². The Morgan fingerprint density at radius 1 is 0.736 bits per heavy atom. The minimum absolute atomic E-state index is 0. The zero-order valence-electron chi connectivity index (χ0n) is 30.3. The molecule has 1 N–H and O–H groups in total. The summed E-state index contributed by atoms with van der Waals surface area (Å²) in [5.74, 6) is -0.178. The first-order chi connectivity index (χ1) is 25.2. The molecule has 0 aliphatic heterocycles. The Hall–Kier alpha value is -4.55. The van der Waals surface area contributed by atoms with Gasteiger partial charge in [0.2, 0.25) is 0 Å². The maximum Gasteiger partial charge on any atom is 1.00 e. The zero-order chi connectivity index (χ0) is 36.3. The van der Waals surface area contributed by atoms with Crippen LogP contribution in [0.4, 0.5) is 0 Å². The SMILES string of the molecule is CCCc1nc(C(C)(C)O)c(C(=O)[O-])n1Cc1ccc(-c2ccccc2-c2nnnn2C(c2ccccc2)(c2ccccc2)c2ccccc2)cc1.[K+]. The molecule has 0 radical (unpaired) electrons. The molecule has 10 heteroatoms. The van der Waals surface area contributed by atoms with Gasteiger partial charge >= 0.3 is 51.4 Å². The van der Waals surface area contributed by atoms with E-state index in [4.69, 9.17) is 5.21 Å². The summed E-state index contributed by atoms with van der Waals surface area (Å²) in [6.07, 6.45) is 1.33. The molecule has 0 amide bonds. The average molecular weight is 727 g/mol. The number of carbonyl (C=O) groups is 1. The fourth-order valence-electron chi connectivity index (χ4n) is 7.11. The van der Waals surface area contributed by atoms with Gasteiger partial charge in [-0.25, -0.2) is 9.67 Å². The first-order valence-corrected chi connectivity index (χ1v) is 17.4. The Morgan fingerprint density at radius 2 is 1.25 bits per heavy atom. The molecule has 5 aromatic carbocycles. The number of aromatic carboxylic acids is 1. The van der Waals surface area contributed by atoms with Crippen molar-refractivity contribution in [1.29, 1.82) is 0 Å². The third kappa shape index (κ3) is 7.35. The van der Waals surface area contributed by atoms with E-state index in [1.807, 2.05) is 109 Å². The van der Waals surface area contributed by atoms with E-state index >= 15 is 0 Å². The number of aromatic nitrogens is 6. The standard InChI is InChI=1S/C43H40N6O3.K/c1-4-16-37-44-39(42(2,3)52)38(41(50)51)48(37)29-30-25-27-31(28-26-30)35-23-14-15-24-36(35)40-45-46-47-49(40)43(32-17-8-5-9-18-32,33-19-10-6-11-20-33)34-21-12-7-13-22-34;/h5-15,17-28,52H,4,16,29H2,1-3H3,(H,50,51);/q;+1/p-1. The first-order valence-electron chi connectivity index (χ1n) is 17.4. The van der Waals surface area contributed by atoms with Crippen molar-refractivity contribution in [2.45, 2.75) is 51.3 Å². The number of aryl methyl sites for hydroxylation is 1. The van der Waals surface area contributed by atoms with Crippen molar-refractivity contribution >= 4 is 5.97 Å². The van der Waals surface area contributed by atoms with Gasteiger partial charge in [-0.2, -0.15) is 0 Å². The summed E-state index contributed by atoms with van der Waals surface area (Å²) in [4.78, 5) is 16.9. The molecule has 0 fully saturated rings. The van der Waals surface area contributed by atoms with E-state index in [0.29, 0.717) is 18.1 Å². The van der Waals surface area contributed by atoms with Crippen LogP contribution in [0.5, 0.6) is 0 Å². The Bertz CT molecular complexity index is 2200. The quantitative estimate of drug-likeness (QED) is 0.151. The van der Waals surface area contributed by atoms with Gasteiger partial charge < -0.3 is 19.6 Å². The first kappa shape index (κ1) is 38.2. The molecule has 0 unspecified atom stereocenters. The second-order valence-corrected chi connectivity index (χ2v) is 13.4. The smallest absolute Gasteiger partial charge is 0.543 e. The van der Waals surface area contributed by atoms with E-state index in [1.54, 1.807) is 4.57 Å².